The van der Waals surface area contributed by atoms with Crippen LogP contribution in [-0.4, -0.2) is 5.75 Å². The Morgan fingerprint density at radius 1 is 1.20 bits per heavy atom. The van der Waals surface area contributed by atoms with Gasteiger partial charge >= 0.3 is 0 Å². The summed E-state index contributed by atoms with van der Waals surface area (Å²) < 4.78 is 0. The number of aryl methyl sites for hydroxylation is 1. The van der Waals surface area contributed by atoms with Crippen LogP contribution in [0, 0.1) is 0 Å². The van der Waals surface area contributed by atoms with Crippen LogP contribution in [0.15, 0.2) is 53.4 Å². The number of nitrogens with one attached hydrogen (secondary N) is 1. The highest BCUT2D eigenvalue weighted by Crippen LogP contribution is 2.45. The maximum atomic E-state index is 5.85. The number of benzene rings is 2. The van der Waals surface area contributed by atoms with Crippen molar-refractivity contribution in [2.24, 2.45) is 5.84 Å². The summed E-state index contributed by atoms with van der Waals surface area (Å²) in [6.45, 7) is 2.18. The SMILES string of the molecule is CCc1ccc(C(NN)C2CSc3ccccc32)cc1. The molecule has 3 N–H and O–H groups in total. The van der Waals surface area contributed by atoms with E-state index in [0.29, 0.717) is 5.92 Å². The van der Waals surface area contributed by atoms with E-state index in [-0.39, 0.29) is 6.04 Å². The van der Waals surface area contributed by atoms with Gasteiger partial charge in [-0.3, -0.25) is 11.3 Å². The second-order valence-corrected chi connectivity index (χ2v) is 6.26. The van der Waals surface area contributed by atoms with Crippen molar-refractivity contribution in [1.29, 1.82) is 0 Å². The number of hydrazine groups is 1. The van der Waals surface area contributed by atoms with Gasteiger partial charge in [0, 0.05) is 16.6 Å². The zero-order valence-electron chi connectivity index (χ0n) is 11.7. The molecule has 3 rings (SSSR count). The number of thioether (sulfide) groups is 1. The van der Waals surface area contributed by atoms with E-state index in [0.717, 1.165) is 12.2 Å². The topological polar surface area (TPSA) is 38.0 Å². The van der Waals surface area contributed by atoms with Gasteiger partial charge in [-0.2, -0.15) is 0 Å². The van der Waals surface area contributed by atoms with E-state index in [2.05, 4.69) is 60.9 Å². The average molecular weight is 284 g/mol. The molecular formula is C17H20N2S. The monoisotopic (exact) mass is 284 g/mol. The Bertz CT molecular complexity index is 580. The van der Waals surface area contributed by atoms with E-state index in [1.54, 1.807) is 0 Å². The first-order valence-electron chi connectivity index (χ1n) is 7.10. The molecule has 0 aromatic heterocycles. The van der Waals surface area contributed by atoms with E-state index in [9.17, 15) is 0 Å². The molecule has 1 aliphatic rings. The zero-order chi connectivity index (χ0) is 13.9. The van der Waals surface area contributed by atoms with Crippen molar-refractivity contribution in [3.05, 3.63) is 65.2 Å². The molecule has 0 fully saturated rings. The molecule has 2 nitrogen and oxygen atoms in total. The van der Waals surface area contributed by atoms with Crippen molar-refractivity contribution in [2.45, 2.75) is 30.2 Å². The fourth-order valence-electron chi connectivity index (χ4n) is 2.87. The maximum absolute atomic E-state index is 5.85. The van der Waals surface area contributed by atoms with Gasteiger partial charge in [0.15, 0.2) is 0 Å². The van der Waals surface area contributed by atoms with Gasteiger partial charge < -0.3 is 0 Å². The highest BCUT2D eigenvalue weighted by Gasteiger charge is 2.30. The molecule has 3 heteroatoms. The number of rotatable bonds is 4. The molecule has 20 heavy (non-hydrogen) atoms. The van der Waals surface area contributed by atoms with Crippen LogP contribution in [0.3, 0.4) is 0 Å². The van der Waals surface area contributed by atoms with Crippen molar-refractivity contribution in [3.63, 3.8) is 0 Å². The lowest BCUT2D eigenvalue weighted by atomic mass is 9.88. The first-order valence-corrected chi connectivity index (χ1v) is 8.08. The molecule has 1 aliphatic heterocycles. The molecule has 2 unspecified atom stereocenters. The summed E-state index contributed by atoms with van der Waals surface area (Å²) in [6, 6.07) is 17.6. The molecule has 2 aromatic rings. The lowest BCUT2D eigenvalue weighted by molar-refractivity contribution is 0.485. The van der Waals surface area contributed by atoms with Crippen LogP contribution < -0.4 is 11.3 Å². The zero-order valence-corrected chi connectivity index (χ0v) is 12.5. The smallest absolute Gasteiger partial charge is 0.0536 e. The Labute approximate surface area is 124 Å². The molecule has 0 aliphatic carbocycles. The predicted octanol–water partition coefficient (Wildman–Crippen LogP) is 3.64. The molecule has 1 heterocycles. The number of fused-ring (bicyclic) bond motifs is 1. The largest absolute Gasteiger partial charge is 0.271 e. The summed E-state index contributed by atoms with van der Waals surface area (Å²) in [6.07, 6.45) is 1.07. The maximum Gasteiger partial charge on any atom is 0.0536 e. The van der Waals surface area contributed by atoms with Crippen molar-refractivity contribution in [3.8, 4) is 0 Å². The van der Waals surface area contributed by atoms with Gasteiger partial charge in [0.25, 0.3) is 0 Å². The van der Waals surface area contributed by atoms with Crippen molar-refractivity contribution >= 4 is 11.8 Å². The Morgan fingerprint density at radius 3 is 2.65 bits per heavy atom. The number of hydrogen-bond donors (Lipinski definition) is 2. The normalized spacial score (nSPS) is 18.8. The molecule has 2 aromatic carbocycles. The van der Waals surface area contributed by atoms with Crippen molar-refractivity contribution in [1.82, 2.24) is 5.43 Å². The molecule has 104 valence electrons. The van der Waals surface area contributed by atoms with Gasteiger partial charge in [-0.05, 0) is 29.2 Å². The summed E-state index contributed by atoms with van der Waals surface area (Å²) in [5.74, 6) is 7.38. The van der Waals surface area contributed by atoms with Crippen LogP contribution in [0.2, 0.25) is 0 Å². The van der Waals surface area contributed by atoms with Crippen LogP contribution in [0.25, 0.3) is 0 Å². The summed E-state index contributed by atoms with van der Waals surface area (Å²) in [4.78, 5) is 1.39. The summed E-state index contributed by atoms with van der Waals surface area (Å²) in [7, 11) is 0. The van der Waals surface area contributed by atoms with Gasteiger partial charge in [0.05, 0.1) is 6.04 Å². The number of hydrogen-bond acceptors (Lipinski definition) is 3. The standard InChI is InChI=1S/C17H20N2S/c1-2-12-7-9-13(10-8-12)17(19-18)15-11-20-16-6-4-3-5-14(15)16/h3-10,15,17,19H,2,11,18H2,1H3. The second-order valence-electron chi connectivity index (χ2n) is 5.19. The average Bonchev–Trinajstić information content (AvgIpc) is 2.93. The summed E-state index contributed by atoms with van der Waals surface area (Å²) in [5, 5.41) is 0. The van der Waals surface area contributed by atoms with Gasteiger partial charge in [0.2, 0.25) is 0 Å². The highest BCUT2D eigenvalue weighted by molar-refractivity contribution is 7.99. The van der Waals surface area contributed by atoms with E-state index in [4.69, 9.17) is 5.84 Å². The van der Waals surface area contributed by atoms with E-state index < -0.39 is 0 Å². The van der Waals surface area contributed by atoms with E-state index in [1.165, 1.54) is 21.6 Å². The second kappa shape index (κ2) is 6.00. The molecule has 0 amide bonds. The van der Waals surface area contributed by atoms with Gasteiger partial charge in [-0.15, -0.1) is 11.8 Å². The van der Waals surface area contributed by atoms with Crippen LogP contribution >= 0.6 is 11.8 Å². The molecule has 0 bridgehead atoms. The summed E-state index contributed by atoms with van der Waals surface area (Å²) >= 11 is 1.93. The Morgan fingerprint density at radius 2 is 1.95 bits per heavy atom. The Kier molecular flexibility index (Phi) is 4.10. The molecule has 2 atom stereocenters. The third-order valence-corrected chi connectivity index (χ3v) is 5.27. The number of nitrogens with two attached hydrogens (primary N) is 1. The van der Waals surface area contributed by atoms with Crippen LogP contribution in [0.5, 0.6) is 0 Å². The third-order valence-electron chi connectivity index (χ3n) is 4.07. The van der Waals surface area contributed by atoms with Crippen LogP contribution in [0.4, 0.5) is 0 Å². The fourth-order valence-corrected chi connectivity index (χ4v) is 4.16. The third kappa shape index (κ3) is 2.49. The van der Waals surface area contributed by atoms with Crippen LogP contribution in [0.1, 0.15) is 35.6 Å². The minimum absolute atomic E-state index is 0.178. The molecular weight excluding hydrogens is 264 g/mol. The highest BCUT2D eigenvalue weighted by atomic mass is 32.2. The predicted molar refractivity (Wildman–Crippen MR) is 85.8 cm³/mol. The Balaban J connectivity index is 1.90. The van der Waals surface area contributed by atoms with Crippen molar-refractivity contribution in [2.75, 3.05) is 5.75 Å². The minimum Gasteiger partial charge on any atom is -0.271 e. The molecule has 0 saturated heterocycles. The molecule has 0 radical (unpaired) electrons. The first kappa shape index (κ1) is 13.7. The van der Waals surface area contributed by atoms with Gasteiger partial charge in [-0.25, -0.2) is 0 Å². The van der Waals surface area contributed by atoms with Gasteiger partial charge in [-0.1, -0.05) is 49.4 Å². The lowest BCUT2D eigenvalue weighted by Crippen LogP contribution is -2.32. The van der Waals surface area contributed by atoms with Gasteiger partial charge in [0.1, 0.15) is 0 Å². The van der Waals surface area contributed by atoms with Crippen LogP contribution in [-0.2, 0) is 6.42 Å². The van der Waals surface area contributed by atoms with Crippen molar-refractivity contribution < 1.29 is 0 Å². The fraction of sp³-hybridized carbons (Fsp3) is 0.294. The van der Waals surface area contributed by atoms with E-state index >= 15 is 0 Å². The Hall–Kier alpha value is -1.29. The first-order chi connectivity index (χ1) is 9.83. The minimum atomic E-state index is 0.178. The molecule has 0 saturated carbocycles. The lowest BCUT2D eigenvalue weighted by Gasteiger charge is -2.24. The quantitative estimate of drug-likeness (QED) is 0.665. The molecule has 0 spiro atoms. The van der Waals surface area contributed by atoms with E-state index in [1.807, 2.05) is 11.8 Å². The summed E-state index contributed by atoms with van der Waals surface area (Å²) in [5.41, 5.74) is 7.08.